The molecule has 10 nitrogen and oxygen atoms in total. The molecule has 15 heteroatoms. The number of halogens is 5. The number of ether oxygens (including phenoxy) is 1. The van der Waals surface area contributed by atoms with E-state index in [1.54, 1.807) is 38.1 Å². The Labute approximate surface area is 244 Å². The van der Waals surface area contributed by atoms with Crippen molar-refractivity contribution in [2.75, 3.05) is 0 Å². The predicted molar refractivity (Wildman–Crippen MR) is 142 cm³/mol. The molecule has 0 saturated heterocycles. The van der Waals surface area contributed by atoms with Crippen LogP contribution in [0.5, 0.6) is 0 Å². The molecule has 0 spiro atoms. The minimum atomic E-state index is -2.34. The number of aromatic nitrogens is 4. The molecule has 232 valence electrons. The lowest BCUT2D eigenvalue weighted by Crippen LogP contribution is -2.52. The monoisotopic (exact) mass is 610 g/mol. The Hall–Kier alpha value is -4.43. The summed E-state index contributed by atoms with van der Waals surface area (Å²) in [4.78, 5) is 39.5. The fourth-order valence-electron chi connectivity index (χ4n) is 4.09. The summed E-state index contributed by atoms with van der Waals surface area (Å²) in [5.41, 5.74) is -0.654. The number of rotatable bonds is 13. The lowest BCUT2D eigenvalue weighted by atomic mass is 9.98. The number of alkyl carbamates (subject to hydrolysis) is 1. The maximum atomic E-state index is 14.2. The first kappa shape index (κ1) is 33.1. The summed E-state index contributed by atoms with van der Waals surface area (Å²) >= 11 is 0. The fourth-order valence-corrected chi connectivity index (χ4v) is 4.09. The van der Waals surface area contributed by atoms with Crippen LogP contribution >= 0.6 is 0 Å². The van der Waals surface area contributed by atoms with E-state index in [9.17, 15) is 36.3 Å². The van der Waals surface area contributed by atoms with Gasteiger partial charge in [-0.3, -0.25) is 9.59 Å². The lowest BCUT2D eigenvalue weighted by Gasteiger charge is -2.24. The van der Waals surface area contributed by atoms with E-state index in [1.807, 2.05) is 19.9 Å². The van der Waals surface area contributed by atoms with Gasteiger partial charge in [0.2, 0.25) is 17.5 Å². The molecule has 3 aromatic rings. The molecule has 0 aliphatic heterocycles. The van der Waals surface area contributed by atoms with Crippen LogP contribution in [0.2, 0.25) is 0 Å². The highest BCUT2D eigenvalue weighted by Gasteiger charge is 2.31. The summed E-state index contributed by atoms with van der Waals surface area (Å²) in [6.45, 7) is 6.61. The SMILES string of the molecule is CC(C)C[C@H](NC(=O)[C@H](CC(C)C)NC(=O)OCc1ccccc1)C(=O)Cn1nnc(-c2c(F)c(F)c(F)c(F)c2F)n1. The molecule has 0 radical (unpaired) electrons. The first-order valence-electron chi connectivity index (χ1n) is 13.4. The summed E-state index contributed by atoms with van der Waals surface area (Å²) in [7, 11) is 0. The second-order valence-electron chi connectivity index (χ2n) is 10.6. The van der Waals surface area contributed by atoms with Crippen molar-refractivity contribution in [3.05, 3.63) is 65.0 Å². The van der Waals surface area contributed by atoms with E-state index in [2.05, 4.69) is 26.0 Å². The van der Waals surface area contributed by atoms with Crippen LogP contribution in [0.1, 0.15) is 46.1 Å². The van der Waals surface area contributed by atoms with Crippen LogP contribution in [-0.4, -0.2) is 50.1 Å². The zero-order chi connectivity index (χ0) is 31.8. The largest absolute Gasteiger partial charge is 0.445 e. The van der Waals surface area contributed by atoms with Gasteiger partial charge in [-0.1, -0.05) is 58.0 Å². The Morgan fingerprint density at radius 1 is 0.814 bits per heavy atom. The number of benzene rings is 2. The normalized spacial score (nSPS) is 12.7. The van der Waals surface area contributed by atoms with Gasteiger partial charge in [-0.2, -0.15) is 4.80 Å². The number of hydrogen-bond donors (Lipinski definition) is 2. The van der Waals surface area contributed by atoms with Gasteiger partial charge >= 0.3 is 6.09 Å². The van der Waals surface area contributed by atoms with Gasteiger partial charge in [-0.05, 0) is 35.5 Å². The summed E-state index contributed by atoms with van der Waals surface area (Å²) in [6.07, 6.45) is -0.439. The summed E-state index contributed by atoms with van der Waals surface area (Å²) in [6, 6.07) is 6.77. The maximum absolute atomic E-state index is 14.2. The molecule has 2 atom stereocenters. The molecule has 1 aromatic heterocycles. The molecule has 2 N–H and O–H groups in total. The standard InChI is InChI=1S/C28H31F5N6O4/c1-14(2)10-17(34-27(41)18(11-15(3)4)35-28(42)43-13-16-8-6-5-7-9-16)19(40)12-39-37-26(36-38-39)20-21(29)23(31)25(33)24(32)22(20)30/h5-9,14-15,17-18H,10-13H2,1-4H3,(H,34,41)(H,35,42)/t17-,18-/m0/s1. The number of ketones is 1. The van der Waals surface area contributed by atoms with Crippen LogP contribution in [0.25, 0.3) is 11.4 Å². The van der Waals surface area contributed by atoms with Crippen molar-refractivity contribution in [2.45, 2.75) is 65.8 Å². The minimum Gasteiger partial charge on any atom is -0.445 e. The van der Waals surface area contributed by atoms with E-state index in [-0.39, 0.29) is 31.3 Å². The van der Waals surface area contributed by atoms with E-state index in [4.69, 9.17) is 4.74 Å². The number of hydrogen-bond acceptors (Lipinski definition) is 7. The van der Waals surface area contributed by atoms with Crippen LogP contribution in [-0.2, 0) is 27.5 Å². The van der Waals surface area contributed by atoms with Crippen molar-refractivity contribution >= 4 is 17.8 Å². The van der Waals surface area contributed by atoms with Crippen LogP contribution < -0.4 is 10.6 Å². The number of Topliss-reactive ketones (excluding diaryl/α,β-unsaturated/α-hetero) is 1. The highest BCUT2D eigenvalue weighted by Crippen LogP contribution is 2.29. The second-order valence-corrected chi connectivity index (χ2v) is 10.6. The fraction of sp³-hybridized carbons (Fsp3) is 0.429. The van der Waals surface area contributed by atoms with Gasteiger partial charge in [0.05, 0.1) is 6.04 Å². The Morgan fingerprint density at radius 2 is 1.37 bits per heavy atom. The lowest BCUT2D eigenvalue weighted by molar-refractivity contribution is -0.130. The molecule has 43 heavy (non-hydrogen) atoms. The third-order valence-corrected chi connectivity index (χ3v) is 6.12. The smallest absolute Gasteiger partial charge is 0.408 e. The Bertz CT molecular complexity index is 1420. The second kappa shape index (κ2) is 14.6. The van der Waals surface area contributed by atoms with Crippen LogP contribution in [0, 0.1) is 40.9 Å². The molecule has 0 bridgehead atoms. The van der Waals surface area contributed by atoms with Gasteiger partial charge in [0.15, 0.2) is 29.1 Å². The average molecular weight is 611 g/mol. The first-order chi connectivity index (χ1) is 20.3. The molecule has 0 aliphatic carbocycles. The molecule has 0 saturated carbocycles. The highest BCUT2D eigenvalue weighted by molar-refractivity contribution is 5.92. The molecule has 0 fully saturated rings. The molecular formula is C28H31F5N6O4. The molecule has 0 aliphatic rings. The van der Waals surface area contributed by atoms with Crippen molar-refractivity contribution in [1.82, 2.24) is 30.8 Å². The van der Waals surface area contributed by atoms with E-state index in [1.165, 1.54) is 0 Å². The summed E-state index contributed by atoms with van der Waals surface area (Å²) in [5.74, 6) is -13.4. The first-order valence-corrected chi connectivity index (χ1v) is 13.4. The van der Waals surface area contributed by atoms with Crippen molar-refractivity contribution in [2.24, 2.45) is 11.8 Å². The average Bonchev–Trinajstić information content (AvgIpc) is 3.41. The van der Waals surface area contributed by atoms with Gasteiger partial charge in [-0.15, -0.1) is 10.2 Å². The predicted octanol–water partition coefficient (Wildman–Crippen LogP) is 4.48. The number of tetrazole rings is 1. The van der Waals surface area contributed by atoms with Crippen molar-refractivity contribution < 1.29 is 41.1 Å². The Kier molecular flexibility index (Phi) is 11.3. The summed E-state index contributed by atoms with van der Waals surface area (Å²) in [5, 5.41) is 15.6. The quantitative estimate of drug-likeness (QED) is 0.166. The maximum Gasteiger partial charge on any atom is 0.408 e. The summed E-state index contributed by atoms with van der Waals surface area (Å²) < 4.78 is 74.2. The van der Waals surface area contributed by atoms with Crippen LogP contribution in [0.4, 0.5) is 26.7 Å². The molecule has 1 heterocycles. The number of carbonyl (C=O) groups is 3. The van der Waals surface area contributed by atoms with Gasteiger partial charge in [0.1, 0.15) is 24.8 Å². The zero-order valence-electron chi connectivity index (χ0n) is 23.8. The molecule has 3 rings (SSSR count). The Balaban J connectivity index is 1.73. The third kappa shape index (κ3) is 8.78. The number of nitrogens with one attached hydrogen (secondary N) is 2. The van der Waals surface area contributed by atoms with Gasteiger partial charge < -0.3 is 15.4 Å². The molecular weight excluding hydrogens is 579 g/mol. The number of nitrogens with zero attached hydrogens (tertiary/aromatic N) is 4. The minimum absolute atomic E-state index is 0.0188. The van der Waals surface area contributed by atoms with Gasteiger partial charge in [-0.25, -0.2) is 26.7 Å². The van der Waals surface area contributed by atoms with E-state index >= 15 is 0 Å². The highest BCUT2D eigenvalue weighted by atomic mass is 19.2. The van der Waals surface area contributed by atoms with Crippen molar-refractivity contribution in [3.63, 3.8) is 0 Å². The van der Waals surface area contributed by atoms with Gasteiger partial charge in [0.25, 0.3) is 0 Å². The van der Waals surface area contributed by atoms with Crippen molar-refractivity contribution in [1.29, 1.82) is 0 Å². The third-order valence-electron chi connectivity index (χ3n) is 6.12. The Morgan fingerprint density at radius 3 is 1.95 bits per heavy atom. The van der Waals surface area contributed by atoms with Crippen molar-refractivity contribution in [3.8, 4) is 11.4 Å². The molecule has 2 amide bonds. The van der Waals surface area contributed by atoms with Crippen LogP contribution in [0.15, 0.2) is 30.3 Å². The van der Waals surface area contributed by atoms with E-state index in [0.717, 1.165) is 5.56 Å². The topological polar surface area (TPSA) is 128 Å². The number of amides is 2. The zero-order valence-corrected chi connectivity index (χ0v) is 23.8. The van der Waals surface area contributed by atoms with Crippen LogP contribution in [0.3, 0.4) is 0 Å². The van der Waals surface area contributed by atoms with E-state index < -0.39 is 76.9 Å². The molecule has 0 unspecified atom stereocenters. The number of carbonyl (C=O) groups excluding carboxylic acids is 3. The van der Waals surface area contributed by atoms with Gasteiger partial charge in [0, 0.05) is 0 Å². The van der Waals surface area contributed by atoms with E-state index in [0.29, 0.717) is 4.80 Å². The molecule has 2 aromatic carbocycles.